The zero-order valence-corrected chi connectivity index (χ0v) is 15.4. The molecule has 1 aromatic rings. The third kappa shape index (κ3) is 9.22. The predicted molar refractivity (Wildman–Crippen MR) is 95.9 cm³/mol. The van der Waals surface area contributed by atoms with Crippen molar-refractivity contribution in [2.75, 3.05) is 0 Å². The van der Waals surface area contributed by atoms with Gasteiger partial charge in [-0.3, -0.25) is 0 Å². The quantitative estimate of drug-likeness (QED) is 0.719. The molecular weight excluding hydrogens is 272 g/mol. The van der Waals surface area contributed by atoms with Gasteiger partial charge in [0.2, 0.25) is 0 Å². The smallest absolute Gasteiger partial charge is 0.0865 e. The van der Waals surface area contributed by atoms with Gasteiger partial charge in [0.05, 0.1) is 11.2 Å². The Morgan fingerprint density at radius 2 is 1.50 bits per heavy atom. The molecule has 2 unspecified atom stereocenters. The number of benzene rings is 1. The maximum atomic E-state index is 9.79. The van der Waals surface area contributed by atoms with Crippen LogP contribution in [0.5, 0.6) is 0 Å². The minimum Gasteiger partial charge on any atom is -0.390 e. The molecule has 0 saturated heterocycles. The highest BCUT2D eigenvalue weighted by Gasteiger charge is 2.19. The van der Waals surface area contributed by atoms with Crippen molar-refractivity contribution in [2.45, 2.75) is 84.8 Å². The lowest BCUT2D eigenvalue weighted by Crippen LogP contribution is -2.22. The van der Waals surface area contributed by atoms with Crippen LogP contribution in [0.1, 0.15) is 79.2 Å². The molecule has 0 fully saturated rings. The van der Waals surface area contributed by atoms with Crippen molar-refractivity contribution in [3.63, 3.8) is 0 Å². The van der Waals surface area contributed by atoms with Crippen molar-refractivity contribution in [1.82, 2.24) is 0 Å². The molecule has 0 radical (unpaired) electrons. The van der Waals surface area contributed by atoms with Gasteiger partial charge in [-0.1, -0.05) is 70.9 Å². The summed E-state index contributed by atoms with van der Waals surface area (Å²) in [6.07, 6.45) is 4.94. The third-order valence-electron chi connectivity index (χ3n) is 4.34. The van der Waals surface area contributed by atoms with Crippen LogP contribution in [-0.4, -0.2) is 15.8 Å². The second-order valence-electron chi connectivity index (χ2n) is 7.13. The first kappa shape index (κ1) is 21.1. The molecule has 2 N–H and O–H groups in total. The Morgan fingerprint density at radius 1 is 0.955 bits per heavy atom. The van der Waals surface area contributed by atoms with Gasteiger partial charge in [-0.25, -0.2) is 0 Å². The Bertz CT molecular complexity index is 380. The minimum absolute atomic E-state index is 0.422. The topological polar surface area (TPSA) is 40.5 Å². The lowest BCUT2D eigenvalue weighted by Gasteiger charge is -2.21. The summed E-state index contributed by atoms with van der Waals surface area (Å²) >= 11 is 0. The summed E-state index contributed by atoms with van der Waals surface area (Å²) < 4.78 is 0. The van der Waals surface area contributed by atoms with Crippen LogP contribution in [-0.2, 0) is 5.60 Å². The van der Waals surface area contributed by atoms with E-state index in [2.05, 4.69) is 13.8 Å². The second kappa shape index (κ2) is 10.0. The fraction of sp³-hybridized carbons (Fsp3) is 0.700. The lowest BCUT2D eigenvalue weighted by atomic mass is 9.94. The molecular formula is C20H36O2. The molecule has 0 aliphatic carbocycles. The molecule has 0 spiro atoms. The van der Waals surface area contributed by atoms with Crippen molar-refractivity contribution < 1.29 is 10.2 Å². The van der Waals surface area contributed by atoms with E-state index in [1.54, 1.807) is 0 Å². The summed E-state index contributed by atoms with van der Waals surface area (Å²) in [5, 5.41) is 19.4. The summed E-state index contributed by atoms with van der Waals surface area (Å²) in [5.41, 5.74) is -0.0987. The molecule has 22 heavy (non-hydrogen) atoms. The van der Waals surface area contributed by atoms with Crippen LogP contribution < -0.4 is 0 Å². The molecule has 0 bridgehead atoms. The minimum atomic E-state index is -0.665. The molecule has 1 aromatic carbocycles. The Morgan fingerprint density at radius 3 is 1.91 bits per heavy atom. The Hall–Kier alpha value is -0.860. The molecule has 0 aliphatic heterocycles. The largest absolute Gasteiger partial charge is 0.390 e. The molecule has 0 heterocycles. The van der Waals surface area contributed by atoms with Crippen molar-refractivity contribution >= 4 is 0 Å². The van der Waals surface area contributed by atoms with Gasteiger partial charge in [0.1, 0.15) is 0 Å². The van der Waals surface area contributed by atoms with E-state index in [1.165, 1.54) is 6.42 Å². The van der Waals surface area contributed by atoms with E-state index in [0.717, 1.165) is 37.2 Å². The fourth-order valence-electron chi connectivity index (χ4n) is 2.07. The first-order valence-electron chi connectivity index (χ1n) is 8.65. The van der Waals surface area contributed by atoms with Gasteiger partial charge in [0.25, 0.3) is 0 Å². The molecule has 0 saturated carbocycles. The van der Waals surface area contributed by atoms with Crippen molar-refractivity contribution in [3.8, 4) is 0 Å². The van der Waals surface area contributed by atoms with Gasteiger partial charge < -0.3 is 10.2 Å². The molecule has 0 amide bonds. The van der Waals surface area contributed by atoms with Crippen LogP contribution in [0, 0.1) is 5.92 Å². The SMILES string of the molecule is CCC(C)(O)CCCC(C)C.CCC(C)(O)c1ccccc1. The summed E-state index contributed by atoms with van der Waals surface area (Å²) in [6.45, 7) is 12.2. The van der Waals surface area contributed by atoms with E-state index in [1.807, 2.05) is 58.0 Å². The number of aliphatic hydroxyl groups is 2. The highest BCUT2D eigenvalue weighted by Crippen LogP contribution is 2.23. The van der Waals surface area contributed by atoms with Crippen LogP contribution in [0.15, 0.2) is 30.3 Å². The monoisotopic (exact) mass is 308 g/mol. The molecule has 128 valence electrons. The third-order valence-corrected chi connectivity index (χ3v) is 4.34. The molecule has 0 aliphatic rings. The van der Waals surface area contributed by atoms with Crippen LogP contribution in [0.2, 0.25) is 0 Å². The summed E-state index contributed by atoms with van der Waals surface area (Å²) in [4.78, 5) is 0. The predicted octanol–water partition coefficient (Wildman–Crippen LogP) is 5.28. The highest BCUT2D eigenvalue weighted by molar-refractivity contribution is 5.20. The first-order valence-corrected chi connectivity index (χ1v) is 8.65. The molecule has 2 heteroatoms. The summed E-state index contributed by atoms with van der Waals surface area (Å²) in [6, 6.07) is 9.74. The van der Waals surface area contributed by atoms with E-state index in [4.69, 9.17) is 0 Å². The van der Waals surface area contributed by atoms with Gasteiger partial charge >= 0.3 is 0 Å². The standard InChI is InChI=1S/C10H14O.C10H22O/c1-3-10(2,11)9-7-5-4-6-8-9;1-5-10(4,11)8-6-7-9(2)3/h4-8,11H,3H2,1-2H3;9,11H,5-8H2,1-4H3. The number of hydrogen-bond acceptors (Lipinski definition) is 2. The van der Waals surface area contributed by atoms with Crippen LogP contribution in [0.4, 0.5) is 0 Å². The molecule has 2 atom stereocenters. The average molecular weight is 309 g/mol. The van der Waals surface area contributed by atoms with E-state index >= 15 is 0 Å². The number of hydrogen-bond donors (Lipinski definition) is 2. The Labute approximate surface area is 137 Å². The van der Waals surface area contributed by atoms with E-state index in [9.17, 15) is 10.2 Å². The van der Waals surface area contributed by atoms with E-state index in [0.29, 0.717) is 0 Å². The Kier molecular flexibility index (Phi) is 9.63. The van der Waals surface area contributed by atoms with Crippen molar-refractivity contribution in [1.29, 1.82) is 0 Å². The van der Waals surface area contributed by atoms with Crippen molar-refractivity contribution in [2.24, 2.45) is 5.92 Å². The van der Waals surface area contributed by atoms with Crippen LogP contribution >= 0.6 is 0 Å². The molecule has 0 aromatic heterocycles. The molecule has 1 rings (SSSR count). The van der Waals surface area contributed by atoms with Gasteiger partial charge in [0, 0.05) is 0 Å². The van der Waals surface area contributed by atoms with Gasteiger partial charge in [-0.05, 0) is 44.6 Å². The van der Waals surface area contributed by atoms with Crippen LogP contribution in [0.25, 0.3) is 0 Å². The summed E-state index contributed by atoms with van der Waals surface area (Å²) in [5.74, 6) is 0.766. The highest BCUT2D eigenvalue weighted by atomic mass is 16.3. The van der Waals surface area contributed by atoms with Gasteiger partial charge in [0.15, 0.2) is 0 Å². The fourth-order valence-corrected chi connectivity index (χ4v) is 2.07. The van der Waals surface area contributed by atoms with Crippen LogP contribution in [0.3, 0.4) is 0 Å². The normalized spacial score (nSPS) is 16.4. The van der Waals surface area contributed by atoms with Gasteiger partial charge in [-0.15, -0.1) is 0 Å². The zero-order chi connectivity index (χ0) is 17.2. The molecule has 2 nitrogen and oxygen atoms in total. The van der Waals surface area contributed by atoms with E-state index in [-0.39, 0.29) is 0 Å². The zero-order valence-electron chi connectivity index (χ0n) is 15.4. The second-order valence-corrected chi connectivity index (χ2v) is 7.13. The average Bonchev–Trinajstić information content (AvgIpc) is 2.48. The van der Waals surface area contributed by atoms with Gasteiger partial charge in [-0.2, -0.15) is 0 Å². The van der Waals surface area contributed by atoms with E-state index < -0.39 is 11.2 Å². The lowest BCUT2D eigenvalue weighted by molar-refractivity contribution is 0.0435. The number of rotatable bonds is 7. The maximum absolute atomic E-state index is 9.79. The first-order chi connectivity index (χ1) is 10.1. The summed E-state index contributed by atoms with van der Waals surface area (Å²) in [7, 11) is 0. The maximum Gasteiger partial charge on any atom is 0.0865 e. The Balaban J connectivity index is 0.000000401. The van der Waals surface area contributed by atoms with Crippen molar-refractivity contribution in [3.05, 3.63) is 35.9 Å².